The van der Waals surface area contributed by atoms with E-state index in [4.69, 9.17) is 21.1 Å². The van der Waals surface area contributed by atoms with Crippen molar-refractivity contribution < 1.29 is 27.6 Å². The molecule has 8 rings (SSSR count). The van der Waals surface area contributed by atoms with E-state index < -0.39 is 31.4 Å². The maximum Gasteiger partial charge on any atom is 0.293 e. The Bertz CT molecular complexity index is 2650. The van der Waals surface area contributed by atoms with Crippen molar-refractivity contribution in [3.05, 3.63) is 135 Å². The summed E-state index contributed by atoms with van der Waals surface area (Å²) in [4.78, 5) is 37.4. The largest absolute Gasteiger partial charge is 0.377 e. The van der Waals surface area contributed by atoms with Gasteiger partial charge >= 0.3 is 0 Å². The highest BCUT2D eigenvalue weighted by Crippen LogP contribution is 2.43. The molecule has 0 radical (unpaired) electrons. The summed E-state index contributed by atoms with van der Waals surface area (Å²) in [5.41, 5.74) is 7.16. The Labute approximate surface area is 366 Å². The normalized spacial score (nSPS) is 18.4. The third-order valence-corrected chi connectivity index (χ3v) is 13.5. The number of amides is 1. The van der Waals surface area contributed by atoms with Crippen LogP contribution in [-0.2, 0) is 19.5 Å². The fraction of sp³-hybridized carbons (Fsp3) is 0.348. The number of benzene rings is 3. The minimum atomic E-state index is -4.57. The second-order valence-corrected chi connectivity index (χ2v) is 19.0. The molecule has 1 amide bonds. The molecular formula is C46H50ClN7O7S. The van der Waals surface area contributed by atoms with Gasteiger partial charge in [0.05, 0.1) is 35.7 Å². The predicted molar refractivity (Wildman–Crippen MR) is 242 cm³/mol. The van der Waals surface area contributed by atoms with E-state index >= 15 is 0 Å². The van der Waals surface area contributed by atoms with Crippen LogP contribution < -0.4 is 14.9 Å². The van der Waals surface area contributed by atoms with E-state index in [-0.39, 0.29) is 29.3 Å². The fourth-order valence-electron chi connectivity index (χ4n) is 8.43. The van der Waals surface area contributed by atoms with Gasteiger partial charge in [0, 0.05) is 85.0 Å². The van der Waals surface area contributed by atoms with Gasteiger partial charge in [-0.25, -0.2) is 18.1 Å². The number of halogens is 1. The summed E-state index contributed by atoms with van der Waals surface area (Å²) in [6, 6.07) is 20.7. The van der Waals surface area contributed by atoms with E-state index in [0.29, 0.717) is 42.2 Å². The molecule has 5 aromatic rings. The van der Waals surface area contributed by atoms with Crippen molar-refractivity contribution in [2.24, 2.45) is 5.41 Å². The van der Waals surface area contributed by atoms with Crippen LogP contribution in [0.3, 0.4) is 0 Å². The lowest BCUT2D eigenvalue weighted by Gasteiger charge is -2.39. The minimum absolute atomic E-state index is 0.0690. The second kappa shape index (κ2) is 18.0. The van der Waals surface area contributed by atoms with E-state index in [1.54, 1.807) is 18.5 Å². The standard InChI is InChI=1S/C46H50ClN7O7S/c1-30(34-22-32-13-15-48-44(32)50-26-34)40-23-36(53-18-16-52(17-19-53)28-33-12-14-46(2,3)25-41(33)31-4-6-35(47)7-5-31)8-10-39(40)45(55)51-62(58,59)38-9-11-42(43(24-38)54(56)57)49-27-37-29-60-20-21-61-37/h4-11,13,15,22-24,26,37,49H,1,12,14,16-21,25,27-29H2,2-3H3,(H,48,50)(H,51,55)/t37-/m0/s1. The second-order valence-electron chi connectivity index (χ2n) is 16.9. The van der Waals surface area contributed by atoms with E-state index in [9.17, 15) is 23.3 Å². The molecular weight excluding hydrogens is 830 g/mol. The maximum atomic E-state index is 14.1. The third kappa shape index (κ3) is 9.72. The zero-order valence-corrected chi connectivity index (χ0v) is 36.4. The molecule has 62 heavy (non-hydrogen) atoms. The van der Waals surface area contributed by atoms with Gasteiger partial charge in [0.25, 0.3) is 21.6 Å². The first kappa shape index (κ1) is 43.1. The highest BCUT2D eigenvalue weighted by Gasteiger charge is 2.31. The average molecular weight is 880 g/mol. The zero-order chi connectivity index (χ0) is 43.6. The summed E-state index contributed by atoms with van der Waals surface area (Å²) in [6.45, 7) is 14.5. The lowest BCUT2D eigenvalue weighted by molar-refractivity contribution is -0.384. The van der Waals surface area contributed by atoms with Crippen LogP contribution in [0, 0.1) is 15.5 Å². The number of hydrogen-bond donors (Lipinski definition) is 3. The van der Waals surface area contributed by atoms with Gasteiger partial charge in [0.1, 0.15) is 11.3 Å². The Morgan fingerprint density at radius 1 is 1.03 bits per heavy atom. The van der Waals surface area contributed by atoms with Crippen molar-refractivity contribution in [1.29, 1.82) is 0 Å². The summed E-state index contributed by atoms with van der Waals surface area (Å²) < 4.78 is 40.6. The highest BCUT2D eigenvalue weighted by molar-refractivity contribution is 7.90. The maximum absolute atomic E-state index is 14.1. The quantitative estimate of drug-likeness (QED) is 0.0775. The van der Waals surface area contributed by atoms with Crippen molar-refractivity contribution in [3.8, 4) is 0 Å². The smallest absolute Gasteiger partial charge is 0.293 e. The minimum Gasteiger partial charge on any atom is -0.377 e. The number of carbonyl (C=O) groups is 1. The molecule has 324 valence electrons. The van der Waals surface area contributed by atoms with E-state index in [2.05, 4.69) is 62.4 Å². The number of piperazine rings is 1. The molecule has 1 atom stereocenters. The lowest BCUT2D eigenvalue weighted by Crippen LogP contribution is -2.47. The molecule has 16 heteroatoms. The number of nitrogens with zero attached hydrogens (tertiary/aromatic N) is 4. The van der Waals surface area contributed by atoms with Crippen LogP contribution in [0.2, 0.25) is 5.02 Å². The Morgan fingerprint density at radius 2 is 1.82 bits per heavy atom. The van der Waals surface area contributed by atoms with Gasteiger partial charge in [0.15, 0.2) is 0 Å². The van der Waals surface area contributed by atoms with Gasteiger partial charge in [-0.2, -0.15) is 0 Å². The van der Waals surface area contributed by atoms with Gasteiger partial charge in [-0.3, -0.25) is 19.8 Å². The number of H-pyrrole nitrogens is 1. The molecule has 2 fully saturated rings. The molecule has 0 saturated carbocycles. The molecule has 14 nitrogen and oxygen atoms in total. The zero-order valence-electron chi connectivity index (χ0n) is 34.8. The van der Waals surface area contributed by atoms with Gasteiger partial charge in [-0.05, 0) is 102 Å². The molecule has 2 aromatic heterocycles. The van der Waals surface area contributed by atoms with Gasteiger partial charge in [-0.1, -0.05) is 49.7 Å². The van der Waals surface area contributed by atoms with Crippen molar-refractivity contribution in [3.63, 3.8) is 0 Å². The van der Waals surface area contributed by atoms with Crippen LogP contribution in [-0.4, -0.2) is 99.3 Å². The number of hydrogen-bond acceptors (Lipinski definition) is 11. The third-order valence-electron chi connectivity index (χ3n) is 12.0. The molecule has 0 spiro atoms. The summed E-state index contributed by atoms with van der Waals surface area (Å²) in [7, 11) is -4.57. The molecule has 2 aliphatic heterocycles. The van der Waals surface area contributed by atoms with Crippen molar-refractivity contribution in [1.82, 2.24) is 19.6 Å². The summed E-state index contributed by atoms with van der Waals surface area (Å²) in [5, 5.41) is 16.6. The first-order chi connectivity index (χ1) is 29.7. The molecule has 0 unspecified atom stereocenters. The van der Waals surface area contributed by atoms with Crippen LogP contribution in [0.5, 0.6) is 0 Å². The molecule has 3 aromatic carbocycles. The highest BCUT2D eigenvalue weighted by atomic mass is 35.5. The number of aromatic nitrogens is 2. The topological polar surface area (TPSA) is 172 Å². The van der Waals surface area contributed by atoms with Crippen LogP contribution in [0.4, 0.5) is 17.1 Å². The number of fused-ring (bicyclic) bond motifs is 1. The average Bonchev–Trinajstić information content (AvgIpc) is 3.75. The molecule has 3 aliphatic rings. The van der Waals surface area contributed by atoms with Crippen molar-refractivity contribution >= 4 is 66.8 Å². The Balaban J connectivity index is 1.02. The van der Waals surface area contributed by atoms with Gasteiger partial charge in [-0.15, -0.1) is 0 Å². The number of anilines is 2. The number of allylic oxidation sites excluding steroid dienone is 1. The molecule has 1 aliphatic carbocycles. The molecule has 0 bridgehead atoms. The summed E-state index contributed by atoms with van der Waals surface area (Å²) in [5.74, 6) is -0.909. The number of rotatable bonds is 13. The monoisotopic (exact) mass is 879 g/mol. The number of aromatic amines is 1. The first-order valence-electron chi connectivity index (χ1n) is 20.7. The Morgan fingerprint density at radius 3 is 2.56 bits per heavy atom. The van der Waals surface area contributed by atoms with E-state index in [1.165, 1.54) is 28.8 Å². The number of nitro groups is 1. The number of nitrogens with one attached hydrogen (secondary N) is 3. The number of pyridine rings is 1. The van der Waals surface area contributed by atoms with Crippen LogP contribution in [0.25, 0.3) is 22.2 Å². The Hall–Kier alpha value is -5.58. The van der Waals surface area contributed by atoms with E-state index in [0.717, 1.165) is 74.1 Å². The molecule has 2 saturated heterocycles. The predicted octanol–water partition coefficient (Wildman–Crippen LogP) is 7.92. The number of nitro benzene ring substituents is 1. The van der Waals surface area contributed by atoms with Crippen molar-refractivity contribution in [2.75, 3.05) is 69.3 Å². The lowest BCUT2D eigenvalue weighted by atomic mass is 9.72. The van der Waals surface area contributed by atoms with Crippen LogP contribution in [0.1, 0.15) is 60.2 Å². The summed E-state index contributed by atoms with van der Waals surface area (Å²) >= 11 is 6.25. The van der Waals surface area contributed by atoms with Gasteiger partial charge < -0.3 is 24.7 Å². The fourth-order valence-corrected chi connectivity index (χ4v) is 9.54. The number of sulfonamides is 1. The number of carbonyl (C=O) groups excluding carboxylic acids is 1. The van der Waals surface area contributed by atoms with Crippen LogP contribution in [0.15, 0.2) is 102 Å². The Kier molecular flexibility index (Phi) is 12.5. The number of ether oxygens (including phenoxy) is 2. The SMILES string of the molecule is C=C(c1cnc2[nH]ccc2c1)c1cc(N2CCN(CC3=C(c4ccc(Cl)cc4)CC(C)(C)CC3)CC2)ccc1C(=O)NS(=O)(=O)c1ccc(NC[C@H]2COCCO2)c([N+](=O)[O-])c1. The molecule has 3 N–H and O–H groups in total. The van der Waals surface area contributed by atoms with Crippen LogP contribution >= 0.6 is 11.6 Å². The van der Waals surface area contributed by atoms with Gasteiger partial charge in [0.2, 0.25) is 0 Å². The first-order valence-corrected chi connectivity index (χ1v) is 22.6. The van der Waals surface area contributed by atoms with E-state index in [1.807, 2.05) is 36.4 Å². The van der Waals surface area contributed by atoms with Crippen molar-refractivity contribution in [2.45, 2.75) is 44.1 Å². The molecule has 4 heterocycles. The summed E-state index contributed by atoms with van der Waals surface area (Å²) in [6.07, 6.45) is 6.32.